The highest BCUT2D eigenvalue weighted by atomic mass is 16.5. The molecule has 2 N–H and O–H groups in total. The lowest BCUT2D eigenvalue weighted by Crippen LogP contribution is -2.37. The minimum absolute atomic E-state index is 0.00242. The summed E-state index contributed by atoms with van der Waals surface area (Å²) >= 11 is 0. The van der Waals surface area contributed by atoms with Gasteiger partial charge in [-0.15, -0.1) is 0 Å². The van der Waals surface area contributed by atoms with Crippen LogP contribution in [0.15, 0.2) is 24.3 Å². The maximum Gasteiger partial charge on any atom is 0.234 e. The van der Waals surface area contributed by atoms with Gasteiger partial charge in [-0.1, -0.05) is 36.8 Å². The van der Waals surface area contributed by atoms with Crippen LogP contribution in [0.2, 0.25) is 0 Å². The summed E-state index contributed by atoms with van der Waals surface area (Å²) < 4.78 is 4.88. The van der Waals surface area contributed by atoms with Gasteiger partial charge >= 0.3 is 0 Å². The number of aryl methyl sites for hydroxylation is 1. The smallest absolute Gasteiger partial charge is 0.234 e. The Labute approximate surface area is 115 Å². The maximum atomic E-state index is 11.6. The average molecular weight is 264 g/mol. The molecule has 1 atom stereocenters. The van der Waals surface area contributed by atoms with Gasteiger partial charge in [0.1, 0.15) is 0 Å². The van der Waals surface area contributed by atoms with Crippen LogP contribution in [0.25, 0.3) is 0 Å². The van der Waals surface area contributed by atoms with E-state index >= 15 is 0 Å². The highest BCUT2D eigenvalue weighted by Gasteiger charge is 2.10. The summed E-state index contributed by atoms with van der Waals surface area (Å²) in [6.45, 7) is 5.61. The second-order valence-corrected chi connectivity index (χ2v) is 4.60. The zero-order valence-electron chi connectivity index (χ0n) is 12.0. The first-order valence-corrected chi connectivity index (χ1v) is 6.73. The van der Waals surface area contributed by atoms with E-state index in [4.69, 9.17) is 4.74 Å². The van der Waals surface area contributed by atoms with Crippen LogP contribution < -0.4 is 10.6 Å². The highest BCUT2D eigenvalue weighted by molar-refractivity contribution is 5.78. The molecular formula is C15H24N2O2. The molecule has 0 aliphatic carbocycles. The van der Waals surface area contributed by atoms with E-state index < -0.39 is 0 Å². The van der Waals surface area contributed by atoms with E-state index in [2.05, 4.69) is 48.7 Å². The zero-order chi connectivity index (χ0) is 14.1. The van der Waals surface area contributed by atoms with Gasteiger partial charge in [0, 0.05) is 19.7 Å². The first kappa shape index (κ1) is 15.7. The third kappa shape index (κ3) is 5.85. The van der Waals surface area contributed by atoms with Gasteiger partial charge in [-0.2, -0.15) is 0 Å². The van der Waals surface area contributed by atoms with Crippen molar-refractivity contribution in [3.63, 3.8) is 0 Å². The molecule has 0 saturated carbocycles. The van der Waals surface area contributed by atoms with Crippen molar-refractivity contribution in [3.8, 4) is 0 Å². The third-order valence-electron chi connectivity index (χ3n) is 3.03. The predicted octanol–water partition coefficient (Wildman–Crippen LogP) is 1.80. The van der Waals surface area contributed by atoms with Gasteiger partial charge in [0.2, 0.25) is 5.91 Å². The van der Waals surface area contributed by atoms with Gasteiger partial charge in [0.25, 0.3) is 0 Å². The van der Waals surface area contributed by atoms with Crippen molar-refractivity contribution in [3.05, 3.63) is 35.4 Å². The first-order valence-electron chi connectivity index (χ1n) is 6.73. The number of rotatable bonds is 8. The minimum Gasteiger partial charge on any atom is -0.383 e. The number of amides is 1. The molecule has 1 amide bonds. The summed E-state index contributed by atoms with van der Waals surface area (Å²) in [7, 11) is 1.62. The number of nitrogens with one attached hydrogen (secondary N) is 2. The van der Waals surface area contributed by atoms with Crippen LogP contribution in [0.1, 0.15) is 30.5 Å². The van der Waals surface area contributed by atoms with Gasteiger partial charge in [-0.05, 0) is 18.9 Å². The summed E-state index contributed by atoms with van der Waals surface area (Å²) in [5.41, 5.74) is 2.47. The number of methoxy groups -OCH3 is 1. The molecule has 1 aromatic rings. The quantitative estimate of drug-likeness (QED) is 0.704. The van der Waals surface area contributed by atoms with E-state index in [1.807, 2.05) is 0 Å². The van der Waals surface area contributed by atoms with Gasteiger partial charge < -0.3 is 15.4 Å². The molecule has 0 spiro atoms. The van der Waals surface area contributed by atoms with E-state index in [0.717, 1.165) is 6.42 Å². The number of hydrogen-bond acceptors (Lipinski definition) is 3. The topological polar surface area (TPSA) is 50.4 Å². The van der Waals surface area contributed by atoms with E-state index in [1.54, 1.807) is 7.11 Å². The molecule has 1 aromatic carbocycles. The Morgan fingerprint density at radius 3 is 2.58 bits per heavy atom. The lowest BCUT2D eigenvalue weighted by Gasteiger charge is -2.17. The third-order valence-corrected chi connectivity index (χ3v) is 3.03. The normalized spacial score (nSPS) is 12.2. The molecule has 19 heavy (non-hydrogen) atoms. The Morgan fingerprint density at radius 2 is 2.00 bits per heavy atom. The molecule has 0 aliphatic rings. The molecule has 0 aromatic heterocycles. The largest absolute Gasteiger partial charge is 0.383 e. The van der Waals surface area contributed by atoms with E-state index in [9.17, 15) is 4.79 Å². The molecule has 0 fully saturated rings. The van der Waals surface area contributed by atoms with Crippen molar-refractivity contribution in [1.29, 1.82) is 0 Å². The summed E-state index contributed by atoms with van der Waals surface area (Å²) in [6.07, 6.45) is 0.953. The monoisotopic (exact) mass is 264 g/mol. The maximum absolute atomic E-state index is 11.6. The van der Waals surface area contributed by atoms with Crippen LogP contribution in [0.4, 0.5) is 0 Å². The fraction of sp³-hybridized carbons (Fsp3) is 0.533. The SMILES string of the molecule is CCC(NCC(=O)NCCOC)c1ccc(C)cc1. The molecule has 1 unspecified atom stereocenters. The van der Waals surface area contributed by atoms with Crippen LogP contribution in [0.5, 0.6) is 0 Å². The molecule has 0 bridgehead atoms. The van der Waals surface area contributed by atoms with E-state index in [-0.39, 0.29) is 11.9 Å². The standard InChI is InChI=1S/C15H24N2O2/c1-4-14(13-7-5-12(2)6-8-13)17-11-15(18)16-9-10-19-3/h5-8,14,17H,4,9-11H2,1-3H3,(H,16,18). The van der Waals surface area contributed by atoms with Gasteiger partial charge in [0.05, 0.1) is 13.2 Å². The van der Waals surface area contributed by atoms with Gasteiger partial charge in [-0.3, -0.25) is 4.79 Å². The Balaban J connectivity index is 2.40. The minimum atomic E-state index is 0.00242. The van der Waals surface area contributed by atoms with Gasteiger partial charge in [0.15, 0.2) is 0 Å². The second kappa shape index (κ2) is 8.67. The molecule has 0 radical (unpaired) electrons. The van der Waals surface area contributed by atoms with Gasteiger partial charge in [-0.25, -0.2) is 0 Å². The molecule has 0 heterocycles. The number of carbonyl (C=O) groups excluding carboxylic acids is 1. The molecule has 1 rings (SSSR count). The van der Waals surface area contributed by atoms with Crippen molar-refractivity contribution in [1.82, 2.24) is 10.6 Å². The molecule has 0 aliphatic heterocycles. The van der Waals surface area contributed by atoms with Crippen molar-refractivity contribution < 1.29 is 9.53 Å². The number of hydrogen-bond donors (Lipinski definition) is 2. The Bertz CT molecular complexity index is 376. The van der Waals surface area contributed by atoms with Crippen LogP contribution in [-0.4, -0.2) is 32.7 Å². The van der Waals surface area contributed by atoms with Crippen molar-refractivity contribution in [2.24, 2.45) is 0 Å². The predicted molar refractivity (Wildman–Crippen MR) is 77.1 cm³/mol. The van der Waals surface area contributed by atoms with Crippen molar-refractivity contribution >= 4 is 5.91 Å². The fourth-order valence-corrected chi connectivity index (χ4v) is 1.87. The second-order valence-electron chi connectivity index (χ2n) is 4.60. The lowest BCUT2D eigenvalue weighted by molar-refractivity contribution is -0.120. The van der Waals surface area contributed by atoms with E-state index in [1.165, 1.54) is 11.1 Å². The Morgan fingerprint density at radius 1 is 1.32 bits per heavy atom. The van der Waals surface area contributed by atoms with Crippen LogP contribution >= 0.6 is 0 Å². The van der Waals surface area contributed by atoms with Crippen LogP contribution in [0, 0.1) is 6.92 Å². The average Bonchev–Trinajstić information content (AvgIpc) is 2.41. The number of ether oxygens (including phenoxy) is 1. The fourth-order valence-electron chi connectivity index (χ4n) is 1.87. The molecular weight excluding hydrogens is 240 g/mol. The summed E-state index contributed by atoms with van der Waals surface area (Å²) in [6, 6.07) is 8.63. The lowest BCUT2D eigenvalue weighted by atomic mass is 10.0. The molecule has 106 valence electrons. The molecule has 4 heteroatoms. The molecule has 4 nitrogen and oxygen atoms in total. The first-order chi connectivity index (χ1) is 9.17. The highest BCUT2D eigenvalue weighted by Crippen LogP contribution is 2.16. The summed E-state index contributed by atoms with van der Waals surface area (Å²) in [4.78, 5) is 11.6. The summed E-state index contributed by atoms with van der Waals surface area (Å²) in [5, 5.41) is 6.08. The van der Waals surface area contributed by atoms with E-state index in [0.29, 0.717) is 19.7 Å². The Hall–Kier alpha value is -1.39. The Kier molecular flexibility index (Phi) is 7.15. The zero-order valence-corrected chi connectivity index (χ0v) is 12.0. The van der Waals surface area contributed by atoms with Crippen molar-refractivity contribution in [2.75, 3.05) is 26.8 Å². The number of carbonyl (C=O) groups is 1. The van der Waals surface area contributed by atoms with Crippen molar-refractivity contribution in [2.45, 2.75) is 26.3 Å². The summed E-state index contributed by atoms with van der Waals surface area (Å²) in [5.74, 6) is 0.00242. The number of benzene rings is 1. The molecule has 0 saturated heterocycles. The van der Waals surface area contributed by atoms with Crippen LogP contribution in [0.3, 0.4) is 0 Å². The van der Waals surface area contributed by atoms with Crippen LogP contribution in [-0.2, 0) is 9.53 Å².